The highest BCUT2D eigenvalue weighted by atomic mass is 32.2. The van der Waals surface area contributed by atoms with Gasteiger partial charge in [-0.2, -0.15) is 18.0 Å². The smallest absolute Gasteiger partial charge is 0.243 e. The molecular weight excluding hydrogens is 1850 g/mol. The lowest BCUT2D eigenvalue weighted by atomic mass is 9.86. The topological polar surface area (TPSA) is 371 Å². The molecule has 3 heterocycles. The van der Waals surface area contributed by atoms with Crippen LogP contribution in [0.4, 0.5) is 0 Å². The molecule has 9 aromatic carbocycles. The summed E-state index contributed by atoms with van der Waals surface area (Å²) >= 11 is 0. The van der Waals surface area contributed by atoms with Crippen LogP contribution in [-0.4, -0.2) is 182 Å². The van der Waals surface area contributed by atoms with Crippen molar-refractivity contribution in [3.8, 4) is 51.2 Å². The van der Waals surface area contributed by atoms with Gasteiger partial charge in [-0.1, -0.05) is 173 Å². The summed E-state index contributed by atoms with van der Waals surface area (Å²) in [7, 11) is -7.39. The molecule has 0 aliphatic rings. The maximum absolute atomic E-state index is 14.0. The Balaban J connectivity index is 0.000000218. The number of Topliss-reactive ketones (excluding diaryl/α,β-unsaturated/α-hetero) is 6. The number of carbonyl (C=O) groups is 6. The number of oxazole rings is 1. The number of benzene rings is 9. The normalized spacial score (nSPS) is 13.1. The molecule has 3 aromatic heterocycles. The van der Waals surface area contributed by atoms with E-state index in [4.69, 9.17) is 23.0 Å². The molecule has 0 radical (unpaired) electrons. The number of hydrogen-bond donors (Lipinski definition) is 4. The lowest BCUT2D eigenvalue weighted by Crippen LogP contribution is -2.43. The van der Waals surface area contributed by atoms with Crippen molar-refractivity contribution in [2.24, 2.45) is 35.5 Å². The SMILES string of the molecule is CCCCC(=O)c1cc(C(=O)C[C@@H](Cc2ccccc2)[C@H](O)CN(CC(C)C)S(=O)(=O)c2ccc(OC)cc2)cc(-c2ccco2)c1.CCCCC(=O)c1cc(C(=O)C[C@@H](Cc2ccccc2)[C@H](O)CN(CC(C)C)S(=O)(=O)c2ccc(OC)cc2)cc(-c2ccn[nH]2)c1.CCCCC(=O)c1cc(C(=O)C[C@@H](Cc2ccccc2)[C@H](O)CN(CC(C)C)S(=O)(=O)c2ccc(OC)cc2)cc(-c2cnco2)c1. The van der Waals surface area contributed by atoms with Crippen molar-refractivity contribution in [2.75, 3.05) is 60.6 Å². The van der Waals surface area contributed by atoms with Gasteiger partial charge in [-0.15, -0.1) is 0 Å². The zero-order chi connectivity index (χ0) is 102. The Bertz CT molecular complexity index is 5720. The molecular formula is C112H134N6O20S3. The van der Waals surface area contributed by atoms with Gasteiger partial charge in [-0.3, -0.25) is 33.9 Å². The zero-order valence-electron chi connectivity index (χ0n) is 82.6. The van der Waals surface area contributed by atoms with E-state index in [1.165, 1.54) is 89.5 Å². The number of unbranched alkanes of at least 4 members (excludes halogenated alkanes) is 3. The lowest BCUT2D eigenvalue weighted by molar-refractivity contribution is 0.0688. The van der Waals surface area contributed by atoms with Gasteiger partial charge in [0.05, 0.1) is 72.5 Å². The van der Waals surface area contributed by atoms with Gasteiger partial charge in [0.25, 0.3) is 0 Å². The van der Waals surface area contributed by atoms with E-state index in [1.807, 2.05) is 153 Å². The number of sulfonamides is 3. The number of nitrogens with zero attached hydrogens (tertiary/aromatic N) is 5. The summed E-state index contributed by atoms with van der Waals surface area (Å²) in [6.45, 7) is 17.5. The fraction of sp³-hybridized carbons (Fsp3) is 0.375. The molecule has 0 bridgehead atoms. The second-order valence-corrected chi connectivity index (χ2v) is 42.7. The number of carbonyl (C=O) groups excluding carboxylic acids is 6. The molecule has 0 spiro atoms. The summed E-state index contributed by atoms with van der Waals surface area (Å²) in [5, 5.41) is 42.1. The van der Waals surface area contributed by atoms with Crippen LogP contribution in [0.1, 0.15) is 218 Å². The van der Waals surface area contributed by atoms with E-state index in [0.717, 1.165) is 55.2 Å². The number of aliphatic hydroxyl groups excluding tert-OH is 3. The fourth-order valence-corrected chi connectivity index (χ4v) is 21.5. The van der Waals surface area contributed by atoms with Crippen LogP contribution in [0, 0.1) is 35.5 Å². The third-order valence-corrected chi connectivity index (χ3v) is 29.8. The second kappa shape index (κ2) is 54.1. The summed E-state index contributed by atoms with van der Waals surface area (Å²) in [6, 6.07) is 67.5. The van der Waals surface area contributed by atoms with Gasteiger partial charge in [0.1, 0.15) is 23.0 Å². The predicted octanol–water partition coefficient (Wildman–Crippen LogP) is 20.9. The number of rotatable bonds is 54. The molecule has 12 rings (SSSR count). The van der Waals surface area contributed by atoms with Gasteiger partial charge in [-0.25, -0.2) is 30.2 Å². The zero-order valence-corrected chi connectivity index (χ0v) is 85.1. The van der Waals surface area contributed by atoms with Crippen LogP contribution >= 0.6 is 0 Å². The number of hydrogen-bond acceptors (Lipinski definition) is 22. The third-order valence-electron chi connectivity index (χ3n) is 24.3. The van der Waals surface area contributed by atoms with Crippen LogP contribution in [0.3, 0.4) is 0 Å². The van der Waals surface area contributed by atoms with Crippen molar-refractivity contribution in [2.45, 2.75) is 192 Å². The molecule has 26 nitrogen and oxygen atoms in total. The van der Waals surface area contributed by atoms with Crippen molar-refractivity contribution in [1.29, 1.82) is 0 Å². The molecule has 0 saturated carbocycles. The van der Waals surface area contributed by atoms with Crippen LogP contribution in [0.5, 0.6) is 17.2 Å². The first-order valence-electron chi connectivity index (χ1n) is 48.2. The summed E-state index contributed by atoms with van der Waals surface area (Å²) in [4.78, 5) is 85.5. The highest BCUT2D eigenvalue weighted by molar-refractivity contribution is 7.89. The molecule has 0 saturated heterocycles. The van der Waals surface area contributed by atoms with Gasteiger partial charge in [-0.05, 0) is 236 Å². The van der Waals surface area contributed by atoms with Crippen LogP contribution < -0.4 is 14.2 Å². The van der Waals surface area contributed by atoms with Crippen LogP contribution in [0.15, 0.2) is 285 Å². The minimum Gasteiger partial charge on any atom is -0.497 e. The quantitative estimate of drug-likeness (QED) is 0.0257. The largest absolute Gasteiger partial charge is 0.497 e. The number of H-pyrrole nitrogens is 1. The molecule has 750 valence electrons. The van der Waals surface area contributed by atoms with E-state index >= 15 is 0 Å². The Labute approximate surface area is 830 Å². The fourth-order valence-electron chi connectivity index (χ4n) is 16.6. The number of aliphatic hydroxyl groups is 3. The Morgan fingerprint density at radius 3 is 0.929 bits per heavy atom. The molecule has 0 unspecified atom stereocenters. The summed E-state index contributed by atoms with van der Waals surface area (Å²) < 4.78 is 113. The van der Waals surface area contributed by atoms with E-state index in [0.29, 0.717) is 123 Å². The van der Waals surface area contributed by atoms with E-state index in [2.05, 4.69) is 15.2 Å². The van der Waals surface area contributed by atoms with E-state index in [9.17, 15) is 69.3 Å². The molecule has 141 heavy (non-hydrogen) atoms. The number of aromatic nitrogens is 3. The van der Waals surface area contributed by atoms with E-state index in [1.54, 1.807) is 115 Å². The minimum absolute atomic E-state index is 0.0154. The van der Waals surface area contributed by atoms with Gasteiger partial charge < -0.3 is 38.4 Å². The Hall–Kier alpha value is -12.3. The van der Waals surface area contributed by atoms with Crippen LogP contribution in [-0.2, 0) is 49.3 Å². The number of nitrogens with one attached hydrogen (secondary N) is 1. The Morgan fingerprint density at radius 2 is 0.667 bits per heavy atom. The van der Waals surface area contributed by atoms with E-state index in [-0.39, 0.29) is 126 Å². The van der Waals surface area contributed by atoms with Crippen molar-refractivity contribution in [3.05, 3.63) is 312 Å². The monoisotopic (exact) mass is 1980 g/mol. The van der Waals surface area contributed by atoms with Gasteiger partial charge in [0.2, 0.25) is 30.1 Å². The number of methoxy groups -OCH3 is 3. The van der Waals surface area contributed by atoms with E-state index < -0.39 is 66.1 Å². The maximum Gasteiger partial charge on any atom is 0.243 e. The standard InChI is InChI=1S/C38H45NO7S.C37H45N3O6S.C37H44N2O7S/c1-5-6-13-35(40)30-21-31(23-32(22-30)38-14-10-19-46-38)36(41)24-29(20-28-11-8-7-9-12-28)37(42)26-39(25-27(2)3)47(43,44)34-17-15-33(45-4)16-18-34;1-5-6-12-35(41)30-20-28(34-17-18-38-39-34)21-31(22-30)36(42)23-29(19-27-10-8-7-9-11-27)37(43)25-40(24-26(2)3)47(44,45)33-15-13-32(46-4)14-16-33;1-5-6-12-34(40)29-18-30(20-31(19-29)37-22-38-25-46-37)35(41)21-28(17-27-10-8-7-9-11-27)36(42)24-39(23-26(2)3)47(43,44)33-15-13-32(45-4)14-16-33/h7-12,14-19,21-23,27,29,37,42H,5-6,13,20,24-26H2,1-4H3;7-11,13-18,20-22,26,29,37,43H,5-6,12,19,23-25H2,1-4H3,(H,38,39);7-11,13-16,18-20,22,25-26,28,36,42H,5-6,12,17,21,23-24H2,1-4H3/t2*29-,37-;28-,36-/m111/s1. The van der Waals surface area contributed by atoms with Gasteiger partial charge in [0, 0.05) is 134 Å². The predicted molar refractivity (Wildman–Crippen MR) is 547 cm³/mol. The van der Waals surface area contributed by atoms with Gasteiger partial charge in [0.15, 0.2) is 46.9 Å². The highest BCUT2D eigenvalue weighted by Gasteiger charge is 2.37. The molecule has 12 aromatic rings. The molecule has 0 amide bonds. The summed E-state index contributed by atoms with van der Waals surface area (Å²) in [5.74, 6) is -0.278. The van der Waals surface area contributed by atoms with Crippen LogP contribution in [0.2, 0.25) is 0 Å². The molecule has 29 heteroatoms. The average molecular weight is 1980 g/mol. The first-order chi connectivity index (χ1) is 67.5. The Kier molecular flexibility index (Phi) is 42.5. The number of ether oxygens (including phenoxy) is 3. The second-order valence-electron chi connectivity index (χ2n) is 36.9. The Morgan fingerprint density at radius 1 is 0.362 bits per heavy atom. The third kappa shape index (κ3) is 32.6. The van der Waals surface area contributed by atoms with Crippen molar-refractivity contribution >= 4 is 64.8 Å². The lowest BCUT2D eigenvalue weighted by Gasteiger charge is -2.30. The summed E-state index contributed by atoms with van der Waals surface area (Å²) in [5.41, 5.74) is 7.56. The highest BCUT2D eigenvalue weighted by Crippen LogP contribution is 2.35. The molecule has 0 fully saturated rings. The minimum atomic E-state index is -3.98. The van der Waals surface area contributed by atoms with Crippen LogP contribution in [0.25, 0.3) is 33.9 Å². The van der Waals surface area contributed by atoms with Crippen molar-refractivity contribution < 1.29 is 92.4 Å². The maximum atomic E-state index is 14.0. The average Bonchev–Trinajstić information content (AvgIpc) is 1.63. The number of furan rings is 1. The molecule has 6 atom stereocenters. The summed E-state index contributed by atoms with van der Waals surface area (Å²) in [6.07, 6.45) is 9.26. The van der Waals surface area contributed by atoms with Crippen molar-refractivity contribution in [1.82, 2.24) is 28.1 Å². The molecule has 4 N–H and O–H groups in total. The van der Waals surface area contributed by atoms with Gasteiger partial charge >= 0.3 is 0 Å². The number of ketones is 6. The molecule has 0 aliphatic carbocycles. The first kappa shape index (κ1) is 111. The number of aromatic amines is 1. The first-order valence-corrected chi connectivity index (χ1v) is 52.5. The molecule has 0 aliphatic heterocycles. The van der Waals surface area contributed by atoms with Crippen molar-refractivity contribution in [3.63, 3.8) is 0 Å².